The third-order valence-corrected chi connectivity index (χ3v) is 3.99. The molecule has 2 heterocycles. The molecule has 3 N–H and O–H groups in total. The molecule has 0 aliphatic carbocycles. The van der Waals surface area contributed by atoms with Gasteiger partial charge < -0.3 is 15.7 Å². The quantitative estimate of drug-likeness (QED) is 0.655. The molecule has 2 aliphatic rings. The number of rotatable bonds is 2. The van der Waals surface area contributed by atoms with Crippen LogP contribution < -0.4 is 10.6 Å². The van der Waals surface area contributed by atoms with Gasteiger partial charge in [0.2, 0.25) is 0 Å². The van der Waals surface area contributed by atoms with Crippen molar-refractivity contribution in [3.63, 3.8) is 0 Å². The molecule has 1 aromatic carbocycles. The van der Waals surface area contributed by atoms with Crippen LogP contribution in [0.5, 0.6) is 0 Å². The minimum absolute atomic E-state index is 0.127. The van der Waals surface area contributed by atoms with Gasteiger partial charge in [-0.25, -0.2) is 4.39 Å². The second-order valence-corrected chi connectivity index (χ2v) is 5.25. The second kappa shape index (κ2) is 4.77. The molecule has 0 saturated carbocycles. The van der Waals surface area contributed by atoms with Gasteiger partial charge in [0.15, 0.2) is 12.0 Å². The Hall–Kier alpha value is -2.48. The van der Waals surface area contributed by atoms with Crippen LogP contribution in [-0.2, 0) is 16.1 Å². The number of aliphatic hydroxyl groups excluding tert-OH is 1. The molecule has 2 unspecified atom stereocenters. The number of nitrogens with one attached hydrogen (secondary N) is 2. The maximum absolute atomic E-state index is 15.1. The first-order valence-corrected chi connectivity index (χ1v) is 6.71. The van der Waals surface area contributed by atoms with E-state index in [0.717, 1.165) is 4.90 Å². The van der Waals surface area contributed by atoms with Crippen molar-refractivity contribution in [3.8, 4) is 0 Å². The highest BCUT2D eigenvalue weighted by Crippen LogP contribution is 2.37. The molecule has 2 amide bonds. The van der Waals surface area contributed by atoms with Gasteiger partial charge in [-0.05, 0) is 12.1 Å². The summed E-state index contributed by atoms with van der Waals surface area (Å²) < 4.78 is 15.1. The highest BCUT2D eigenvalue weighted by molar-refractivity contribution is 6.06. The first kappa shape index (κ1) is 14.5. The van der Waals surface area contributed by atoms with Crippen LogP contribution in [0.3, 0.4) is 0 Å². The molecular formula is C14H14FN3O4. The Kier molecular flexibility index (Phi) is 3.13. The summed E-state index contributed by atoms with van der Waals surface area (Å²) in [6, 6.07) is 4.92. The lowest BCUT2D eigenvalue weighted by Gasteiger charge is -2.36. The van der Waals surface area contributed by atoms with E-state index in [9.17, 15) is 19.5 Å². The van der Waals surface area contributed by atoms with Crippen molar-refractivity contribution < 1.29 is 23.9 Å². The Morgan fingerprint density at radius 2 is 2.14 bits per heavy atom. The number of fused-ring (bicyclic) bond motifs is 1. The number of nitrogens with zero attached hydrogens (tertiary/aromatic N) is 1. The van der Waals surface area contributed by atoms with Crippen molar-refractivity contribution in [1.29, 1.82) is 0 Å². The van der Waals surface area contributed by atoms with Gasteiger partial charge in [0.05, 0.1) is 13.0 Å². The largest absolute Gasteiger partial charge is 0.388 e. The Balaban J connectivity index is 1.99. The summed E-state index contributed by atoms with van der Waals surface area (Å²) in [5, 5.41) is 14.0. The standard InChI is InChI=1S/C14H14FN3O4/c1-16-9-4-2-3-7-8(9)6-18(12(7)21)14(15)5-10(19)11(20)17-13(14)22/h2-4,11,16,20H,5-6H2,1H3,(H,17,22). The van der Waals surface area contributed by atoms with E-state index in [0.29, 0.717) is 11.3 Å². The second-order valence-electron chi connectivity index (χ2n) is 5.25. The predicted molar refractivity (Wildman–Crippen MR) is 73.5 cm³/mol. The van der Waals surface area contributed by atoms with Gasteiger partial charge in [-0.1, -0.05) is 6.07 Å². The number of hydrogen-bond acceptors (Lipinski definition) is 5. The molecule has 116 valence electrons. The van der Waals surface area contributed by atoms with Crippen LogP contribution in [0.25, 0.3) is 0 Å². The van der Waals surface area contributed by atoms with E-state index in [1.54, 1.807) is 25.2 Å². The third-order valence-electron chi connectivity index (χ3n) is 3.99. The van der Waals surface area contributed by atoms with Crippen LogP contribution in [0.1, 0.15) is 22.3 Å². The average Bonchev–Trinajstić information content (AvgIpc) is 2.83. The highest BCUT2D eigenvalue weighted by atomic mass is 19.1. The highest BCUT2D eigenvalue weighted by Gasteiger charge is 2.55. The summed E-state index contributed by atoms with van der Waals surface area (Å²) in [5.41, 5.74) is 1.51. The van der Waals surface area contributed by atoms with Crippen LogP contribution in [0, 0.1) is 0 Å². The number of hydrogen-bond donors (Lipinski definition) is 3. The maximum Gasteiger partial charge on any atom is 0.281 e. The fraction of sp³-hybridized carbons (Fsp3) is 0.357. The van der Waals surface area contributed by atoms with Gasteiger partial charge in [-0.3, -0.25) is 19.3 Å². The smallest absolute Gasteiger partial charge is 0.281 e. The van der Waals surface area contributed by atoms with Crippen molar-refractivity contribution in [2.45, 2.75) is 25.0 Å². The molecule has 8 heteroatoms. The average molecular weight is 307 g/mol. The molecule has 0 bridgehead atoms. The number of ketones is 1. The Morgan fingerprint density at radius 1 is 1.41 bits per heavy atom. The molecule has 0 radical (unpaired) electrons. The Bertz CT molecular complexity index is 693. The van der Waals surface area contributed by atoms with E-state index >= 15 is 4.39 Å². The van der Waals surface area contributed by atoms with Gasteiger partial charge in [-0.2, -0.15) is 0 Å². The molecule has 1 aromatic rings. The van der Waals surface area contributed by atoms with Crippen molar-refractivity contribution in [2.75, 3.05) is 12.4 Å². The molecule has 1 saturated heterocycles. The number of piperidine rings is 1. The monoisotopic (exact) mass is 307 g/mol. The van der Waals surface area contributed by atoms with E-state index in [2.05, 4.69) is 5.32 Å². The minimum atomic E-state index is -2.79. The van der Waals surface area contributed by atoms with Crippen molar-refractivity contribution in [2.24, 2.45) is 0 Å². The minimum Gasteiger partial charge on any atom is -0.388 e. The van der Waals surface area contributed by atoms with E-state index < -0.39 is 36.0 Å². The van der Waals surface area contributed by atoms with E-state index in [1.807, 2.05) is 5.32 Å². The third kappa shape index (κ3) is 1.87. The number of Topliss-reactive ketones (excluding diaryl/α,β-unsaturated/α-hetero) is 1. The van der Waals surface area contributed by atoms with Crippen LogP contribution in [0.2, 0.25) is 0 Å². The lowest BCUT2D eigenvalue weighted by atomic mass is 10.00. The summed E-state index contributed by atoms with van der Waals surface area (Å²) >= 11 is 0. The number of anilines is 1. The van der Waals surface area contributed by atoms with Crippen LogP contribution in [0.4, 0.5) is 10.1 Å². The van der Waals surface area contributed by atoms with Gasteiger partial charge in [-0.15, -0.1) is 0 Å². The Labute approximate surface area is 125 Å². The number of carbonyl (C=O) groups is 3. The van der Waals surface area contributed by atoms with Crippen LogP contribution >= 0.6 is 0 Å². The summed E-state index contributed by atoms with van der Waals surface area (Å²) in [5.74, 6) is -5.52. The van der Waals surface area contributed by atoms with E-state index in [4.69, 9.17) is 0 Å². The zero-order chi connectivity index (χ0) is 16.1. The van der Waals surface area contributed by atoms with Crippen molar-refractivity contribution in [3.05, 3.63) is 29.3 Å². The van der Waals surface area contributed by atoms with Gasteiger partial charge in [0, 0.05) is 23.9 Å². The SMILES string of the molecule is CNc1cccc2c1CN(C1(F)CC(=O)C(O)NC1=O)C2=O. The van der Waals surface area contributed by atoms with Crippen molar-refractivity contribution >= 4 is 23.3 Å². The molecule has 3 rings (SSSR count). The van der Waals surface area contributed by atoms with Gasteiger partial charge >= 0.3 is 0 Å². The van der Waals surface area contributed by atoms with E-state index in [1.165, 1.54) is 0 Å². The lowest BCUT2D eigenvalue weighted by Crippen LogP contribution is -2.64. The van der Waals surface area contributed by atoms with Crippen LogP contribution in [0.15, 0.2) is 18.2 Å². The predicted octanol–water partition coefficient (Wildman–Crippen LogP) is -0.243. The number of alkyl halides is 1. The molecule has 1 fully saturated rings. The lowest BCUT2D eigenvalue weighted by molar-refractivity contribution is -0.163. The zero-order valence-corrected chi connectivity index (χ0v) is 11.7. The van der Waals surface area contributed by atoms with Crippen molar-refractivity contribution in [1.82, 2.24) is 10.2 Å². The topological polar surface area (TPSA) is 98.7 Å². The normalized spacial score (nSPS) is 27.7. The number of benzene rings is 1. The Morgan fingerprint density at radius 3 is 2.82 bits per heavy atom. The zero-order valence-electron chi connectivity index (χ0n) is 11.7. The molecular weight excluding hydrogens is 293 g/mol. The molecule has 7 nitrogen and oxygen atoms in total. The maximum atomic E-state index is 15.1. The summed E-state index contributed by atoms with van der Waals surface area (Å²) in [7, 11) is 1.67. The number of carbonyl (C=O) groups excluding carboxylic acids is 3. The summed E-state index contributed by atoms with van der Waals surface area (Å²) in [6.07, 6.45) is -2.60. The molecule has 2 aliphatic heterocycles. The van der Waals surface area contributed by atoms with Gasteiger partial charge in [0.1, 0.15) is 0 Å². The molecule has 0 spiro atoms. The van der Waals surface area contributed by atoms with E-state index in [-0.39, 0.29) is 12.1 Å². The van der Waals surface area contributed by atoms with Gasteiger partial charge in [0.25, 0.3) is 17.6 Å². The number of halogens is 1. The number of amides is 2. The van der Waals surface area contributed by atoms with Crippen LogP contribution in [-0.4, -0.2) is 46.7 Å². The molecule has 22 heavy (non-hydrogen) atoms. The molecule has 0 aromatic heterocycles. The molecule has 2 atom stereocenters. The summed E-state index contributed by atoms with van der Waals surface area (Å²) in [4.78, 5) is 36.6. The first-order chi connectivity index (χ1) is 10.4. The number of aliphatic hydroxyl groups is 1. The summed E-state index contributed by atoms with van der Waals surface area (Å²) in [6.45, 7) is -0.127. The fourth-order valence-electron chi connectivity index (χ4n) is 2.79. The fourth-order valence-corrected chi connectivity index (χ4v) is 2.79. The first-order valence-electron chi connectivity index (χ1n) is 6.71.